The molecule has 0 fully saturated rings. The molecule has 2 aromatic rings. The van der Waals surface area contributed by atoms with Gasteiger partial charge in [0.05, 0.1) is 0 Å². The maximum absolute atomic E-state index is 12.4. The molecule has 3 rings (SSSR count). The SMILES string of the molecule is CC(C)C(CNS(=O)(=O)c1cccs1)N1CCc2ccccc2C1. The van der Waals surface area contributed by atoms with Crippen LogP contribution in [0.15, 0.2) is 46.0 Å². The van der Waals surface area contributed by atoms with Gasteiger partial charge in [0.2, 0.25) is 10.0 Å². The molecule has 1 N–H and O–H groups in total. The van der Waals surface area contributed by atoms with Gasteiger partial charge < -0.3 is 0 Å². The zero-order valence-electron chi connectivity index (χ0n) is 14.1. The Morgan fingerprint density at radius 3 is 2.58 bits per heavy atom. The van der Waals surface area contributed by atoms with Crippen molar-refractivity contribution in [3.05, 3.63) is 52.9 Å². The van der Waals surface area contributed by atoms with Crippen molar-refractivity contribution in [3.63, 3.8) is 0 Å². The summed E-state index contributed by atoms with van der Waals surface area (Å²) in [5.74, 6) is 0.376. The van der Waals surface area contributed by atoms with E-state index in [1.165, 1.54) is 22.5 Å². The maximum atomic E-state index is 12.4. The van der Waals surface area contributed by atoms with E-state index in [2.05, 4.69) is 47.7 Å². The van der Waals surface area contributed by atoms with Crippen LogP contribution in [-0.4, -0.2) is 32.4 Å². The summed E-state index contributed by atoms with van der Waals surface area (Å²) in [6.07, 6.45) is 1.02. The molecule has 0 saturated carbocycles. The monoisotopic (exact) mass is 364 g/mol. The van der Waals surface area contributed by atoms with E-state index in [9.17, 15) is 8.42 Å². The highest BCUT2D eigenvalue weighted by Crippen LogP contribution is 2.23. The third kappa shape index (κ3) is 3.88. The molecule has 6 heteroatoms. The molecule has 24 heavy (non-hydrogen) atoms. The molecule has 2 heterocycles. The topological polar surface area (TPSA) is 49.4 Å². The first kappa shape index (κ1) is 17.6. The third-order valence-corrected chi connectivity index (χ3v) is 7.46. The second kappa shape index (κ2) is 7.35. The van der Waals surface area contributed by atoms with Gasteiger partial charge in [0, 0.05) is 25.7 Å². The molecule has 0 radical (unpaired) electrons. The number of nitrogens with zero attached hydrogens (tertiary/aromatic N) is 1. The molecule has 0 bridgehead atoms. The summed E-state index contributed by atoms with van der Waals surface area (Å²) in [4.78, 5) is 2.41. The van der Waals surface area contributed by atoms with Crippen molar-refractivity contribution >= 4 is 21.4 Å². The van der Waals surface area contributed by atoms with E-state index >= 15 is 0 Å². The smallest absolute Gasteiger partial charge is 0.250 e. The summed E-state index contributed by atoms with van der Waals surface area (Å²) in [5, 5.41) is 1.79. The summed E-state index contributed by atoms with van der Waals surface area (Å²) >= 11 is 1.25. The Bertz CT molecular complexity index is 770. The number of fused-ring (bicyclic) bond motifs is 1. The van der Waals surface area contributed by atoms with Crippen molar-refractivity contribution in [2.75, 3.05) is 13.1 Å². The van der Waals surface area contributed by atoms with Crippen molar-refractivity contribution in [2.24, 2.45) is 5.92 Å². The standard InChI is InChI=1S/C18H24N2O2S2/c1-14(2)17(12-19-24(21,22)18-8-5-11-23-18)20-10-9-15-6-3-4-7-16(15)13-20/h3-8,11,14,17,19H,9-10,12-13H2,1-2H3. The van der Waals surface area contributed by atoms with E-state index < -0.39 is 10.0 Å². The molecule has 0 aliphatic carbocycles. The van der Waals surface area contributed by atoms with Gasteiger partial charge in [0.25, 0.3) is 0 Å². The first-order valence-corrected chi connectivity index (χ1v) is 10.7. The first-order chi connectivity index (χ1) is 11.5. The number of hydrogen-bond donors (Lipinski definition) is 1. The highest BCUT2D eigenvalue weighted by atomic mass is 32.2. The van der Waals surface area contributed by atoms with Gasteiger partial charge in [0.15, 0.2) is 0 Å². The van der Waals surface area contributed by atoms with Crippen molar-refractivity contribution in [2.45, 2.75) is 37.1 Å². The Labute approximate surface area is 148 Å². The van der Waals surface area contributed by atoms with E-state index in [4.69, 9.17) is 0 Å². The molecule has 130 valence electrons. The minimum absolute atomic E-state index is 0.188. The lowest BCUT2D eigenvalue weighted by Crippen LogP contribution is -2.48. The van der Waals surface area contributed by atoms with Crippen LogP contribution >= 0.6 is 11.3 Å². The van der Waals surface area contributed by atoms with Crippen LogP contribution in [0.25, 0.3) is 0 Å². The van der Waals surface area contributed by atoms with Crippen LogP contribution in [0.1, 0.15) is 25.0 Å². The van der Waals surface area contributed by atoms with Crippen molar-refractivity contribution in [3.8, 4) is 0 Å². The molecule has 0 amide bonds. The van der Waals surface area contributed by atoms with Gasteiger partial charge >= 0.3 is 0 Å². The zero-order chi connectivity index (χ0) is 17.2. The fraction of sp³-hybridized carbons (Fsp3) is 0.444. The summed E-state index contributed by atoms with van der Waals surface area (Å²) in [5.41, 5.74) is 2.77. The molecule has 4 nitrogen and oxygen atoms in total. The van der Waals surface area contributed by atoms with Crippen LogP contribution in [0.5, 0.6) is 0 Å². The summed E-state index contributed by atoms with van der Waals surface area (Å²) in [6, 6.07) is 12.1. The average molecular weight is 365 g/mol. The van der Waals surface area contributed by atoms with Gasteiger partial charge in [-0.3, -0.25) is 4.90 Å². The second-order valence-electron chi connectivity index (χ2n) is 6.58. The molecule has 0 spiro atoms. The van der Waals surface area contributed by atoms with E-state index in [1.807, 2.05) is 0 Å². The normalized spacial score (nSPS) is 17.0. The number of hydrogen-bond acceptors (Lipinski definition) is 4. The lowest BCUT2D eigenvalue weighted by molar-refractivity contribution is 0.141. The Balaban J connectivity index is 1.70. The molecular weight excluding hydrogens is 340 g/mol. The largest absolute Gasteiger partial charge is 0.294 e. The Morgan fingerprint density at radius 1 is 1.17 bits per heavy atom. The number of sulfonamides is 1. The molecule has 1 aromatic heterocycles. The fourth-order valence-corrected chi connectivity index (χ4v) is 5.36. The van der Waals surface area contributed by atoms with Crippen LogP contribution in [0.3, 0.4) is 0 Å². The van der Waals surface area contributed by atoms with Crippen LogP contribution < -0.4 is 4.72 Å². The van der Waals surface area contributed by atoms with Crippen molar-refractivity contribution < 1.29 is 8.42 Å². The quantitative estimate of drug-likeness (QED) is 0.857. The highest BCUT2D eigenvalue weighted by molar-refractivity contribution is 7.91. The first-order valence-electron chi connectivity index (χ1n) is 8.31. The van der Waals surface area contributed by atoms with Gasteiger partial charge in [0.1, 0.15) is 4.21 Å². The molecule has 1 aliphatic rings. The Morgan fingerprint density at radius 2 is 1.92 bits per heavy atom. The van der Waals surface area contributed by atoms with Gasteiger partial charge in [-0.1, -0.05) is 44.2 Å². The average Bonchev–Trinajstić information content (AvgIpc) is 3.10. The molecule has 1 unspecified atom stereocenters. The van der Waals surface area contributed by atoms with Crippen LogP contribution in [0.4, 0.5) is 0 Å². The van der Waals surface area contributed by atoms with E-state index in [0.29, 0.717) is 16.7 Å². The molecule has 1 aromatic carbocycles. The van der Waals surface area contributed by atoms with Gasteiger partial charge in [-0.2, -0.15) is 0 Å². The van der Waals surface area contributed by atoms with Crippen molar-refractivity contribution in [1.82, 2.24) is 9.62 Å². The maximum Gasteiger partial charge on any atom is 0.250 e. The Hall–Kier alpha value is -1.21. The predicted octanol–water partition coefficient (Wildman–Crippen LogP) is 3.11. The fourth-order valence-electron chi connectivity index (χ4n) is 3.27. The van der Waals surface area contributed by atoms with Crippen molar-refractivity contribution in [1.29, 1.82) is 0 Å². The minimum Gasteiger partial charge on any atom is -0.294 e. The lowest BCUT2D eigenvalue weighted by Gasteiger charge is -2.37. The number of benzene rings is 1. The Kier molecular flexibility index (Phi) is 5.39. The number of thiophene rings is 1. The van der Waals surface area contributed by atoms with E-state index in [1.54, 1.807) is 17.5 Å². The second-order valence-corrected chi connectivity index (χ2v) is 9.53. The number of rotatable bonds is 6. The molecule has 0 saturated heterocycles. The third-order valence-electron chi connectivity index (χ3n) is 4.64. The van der Waals surface area contributed by atoms with E-state index in [0.717, 1.165) is 19.5 Å². The van der Waals surface area contributed by atoms with Crippen LogP contribution in [0, 0.1) is 5.92 Å². The summed E-state index contributed by atoms with van der Waals surface area (Å²) in [7, 11) is -3.40. The predicted molar refractivity (Wildman–Crippen MR) is 98.7 cm³/mol. The summed E-state index contributed by atoms with van der Waals surface area (Å²) in [6.45, 7) is 6.62. The molecule has 1 aliphatic heterocycles. The van der Waals surface area contributed by atoms with E-state index in [-0.39, 0.29) is 6.04 Å². The van der Waals surface area contributed by atoms with Gasteiger partial charge in [-0.25, -0.2) is 13.1 Å². The zero-order valence-corrected chi connectivity index (χ0v) is 15.7. The summed E-state index contributed by atoms with van der Waals surface area (Å²) < 4.78 is 28.0. The van der Waals surface area contributed by atoms with Crippen LogP contribution in [-0.2, 0) is 23.0 Å². The minimum atomic E-state index is -3.40. The molecular formula is C18H24N2O2S2. The number of nitrogens with one attached hydrogen (secondary N) is 1. The molecule has 1 atom stereocenters. The highest BCUT2D eigenvalue weighted by Gasteiger charge is 2.27. The van der Waals surface area contributed by atoms with Gasteiger partial charge in [-0.15, -0.1) is 11.3 Å². The lowest BCUT2D eigenvalue weighted by atomic mass is 9.95. The van der Waals surface area contributed by atoms with Crippen LogP contribution in [0.2, 0.25) is 0 Å². The van der Waals surface area contributed by atoms with Gasteiger partial charge in [-0.05, 0) is 34.9 Å².